The first-order chi connectivity index (χ1) is 6.06. The molecule has 4 unspecified atom stereocenters. The number of hydrogen-bond donors (Lipinski definition) is 2. The molecule has 1 aliphatic heterocycles. The molecule has 2 aliphatic rings. The fourth-order valence-corrected chi connectivity index (χ4v) is 2.67. The Bertz CT molecular complexity index is 251. The van der Waals surface area contributed by atoms with Gasteiger partial charge in [-0.3, -0.25) is 0 Å². The summed E-state index contributed by atoms with van der Waals surface area (Å²) in [5.41, 5.74) is 6.83. The monoisotopic (exact) mass is 183 g/mol. The van der Waals surface area contributed by atoms with Crippen molar-refractivity contribution < 1.29 is 9.84 Å². The second-order valence-corrected chi connectivity index (χ2v) is 4.38. The number of rotatable bonds is 0. The van der Waals surface area contributed by atoms with Crippen molar-refractivity contribution in [2.24, 2.45) is 17.6 Å². The number of aliphatic hydroxyl groups excluding tert-OH is 1. The fourth-order valence-electron chi connectivity index (χ4n) is 2.67. The zero-order valence-electron chi connectivity index (χ0n) is 8.16. The van der Waals surface area contributed by atoms with Gasteiger partial charge in [-0.05, 0) is 31.3 Å². The minimum Gasteiger partial charge on any atom is -0.471 e. The molecule has 0 spiro atoms. The topological polar surface area (TPSA) is 55.5 Å². The Hall–Kier alpha value is -0.540. The van der Waals surface area contributed by atoms with Crippen LogP contribution in [-0.4, -0.2) is 16.9 Å². The highest BCUT2D eigenvalue weighted by molar-refractivity contribution is 5.19. The van der Waals surface area contributed by atoms with E-state index in [1.807, 2.05) is 6.92 Å². The largest absolute Gasteiger partial charge is 0.471 e. The van der Waals surface area contributed by atoms with Crippen LogP contribution in [-0.2, 0) is 4.74 Å². The molecule has 1 heterocycles. The molecule has 1 saturated carbocycles. The summed E-state index contributed by atoms with van der Waals surface area (Å²) in [6, 6.07) is 0. The van der Waals surface area contributed by atoms with E-state index in [-0.39, 0.29) is 0 Å². The van der Waals surface area contributed by atoms with E-state index >= 15 is 0 Å². The summed E-state index contributed by atoms with van der Waals surface area (Å²) in [4.78, 5) is 0. The molecule has 0 aromatic rings. The van der Waals surface area contributed by atoms with Gasteiger partial charge in [0.15, 0.2) is 0 Å². The molecule has 3 N–H and O–H groups in total. The number of aliphatic hydroxyl groups is 1. The summed E-state index contributed by atoms with van der Waals surface area (Å²) >= 11 is 0. The first-order valence-corrected chi connectivity index (χ1v) is 4.86. The lowest BCUT2D eigenvalue weighted by atomic mass is 9.77. The lowest BCUT2D eigenvalue weighted by Gasteiger charge is -2.41. The van der Waals surface area contributed by atoms with E-state index in [4.69, 9.17) is 10.5 Å². The quantitative estimate of drug-likeness (QED) is 0.588. The highest BCUT2D eigenvalue weighted by atomic mass is 16.6. The molecule has 0 amide bonds. The molecule has 13 heavy (non-hydrogen) atoms. The van der Waals surface area contributed by atoms with Gasteiger partial charge >= 0.3 is 0 Å². The van der Waals surface area contributed by atoms with Crippen LogP contribution in [0.2, 0.25) is 0 Å². The van der Waals surface area contributed by atoms with Gasteiger partial charge < -0.3 is 15.6 Å². The first-order valence-electron chi connectivity index (χ1n) is 4.86. The van der Waals surface area contributed by atoms with Crippen molar-refractivity contribution in [3.05, 3.63) is 11.8 Å². The lowest BCUT2D eigenvalue weighted by Crippen LogP contribution is -2.59. The molecule has 1 aliphatic carbocycles. The van der Waals surface area contributed by atoms with Gasteiger partial charge in [0.25, 0.3) is 0 Å². The van der Waals surface area contributed by atoms with Crippen LogP contribution in [0.25, 0.3) is 0 Å². The van der Waals surface area contributed by atoms with Crippen LogP contribution in [0.3, 0.4) is 0 Å². The SMILES string of the molecule is CC1=COC(O)C2(N)C(C)CCC12. The second-order valence-electron chi connectivity index (χ2n) is 4.38. The Morgan fingerprint density at radius 1 is 1.62 bits per heavy atom. The average molecular weight is 183 g/mol. The van der Waals surface area contributed by atoms with Crippen LogP contribution in [0, 0.1) is 11.8 Å². The third kappa shape index (κ3) is 1.04. The first kappa shape index (κ1) is 9.03. The van der Waals surface area contributed by atoms with Crippen LogP contribution in [0.5, 0.6) is 0 Å². The second kappa shape index (κ2) is 2.72. The van der Waals surface area contributed by atoms with Crippen molar-refractivity contribution >= 4 is 0 Å². The Kier molecular flexibility index (Phi) is 1.89. The standard InChI is InChI=1S/C10H17NO2/c1-6-5-13-9(12)10(11)7(2)3-4-8(6)10/h5,7-9,12H,3-4,11H2,1-2H3. The molecular weight excluding hydrogens is 166 g/mol. The summed E-state index contributed by atoms with van der Waals surface area (Å²) in [6.07, 6.45) is 2.96. The highest BCUT2D eigenvalue weighted by Crippen LogP contribution is 2.46. The number of fused-ring (bicyclic) bond motifs is 1. The molecule has 2 rings (SSSR count). The zero-order valence-corrected chi connectivity index (χ0v) is 8.16. The minimum atomic E-state index is -0.835. The summed E-state index contributed by atoms with van der Waals surface area (Å²) in [5, 5.41) is 9.74. The number of ether oxygens (including phenoxy) is 1. The van der Waals surface area contributed by atoms with Gasteiger partial charge in [0.2, 0.25) is 6.29 Å². The van der Waals surface area contributed by atoms with Crippen molar-refractivity contribution in [3.8, 4) is 0 Å². The van der Waals surface area contributed by atoms with E-state index in [0.717, 1.165) is 18.4 Å². The summed E-state index contributed by atoms with van der Waals surface area (Å²) in [5.74, 6) is 0.627. The molecule has 0 aromatic carbocycles. The van der Waals surface area contributed by atoms with Crippen LogP contribution in [0.1, 0.15) is 26.7 Å². The van der Waals surface area contributed by atoms with Gasteiger partial charge in [-0.15, -0.1) is 0 Å². The van der Waals surface area contributed by atoms with Crippen molar-refractivity contribution in [1.82, 2.24) is 0 Å². The summed E-state index contributed by atoms with van der Waals surface area (Å²) < 4.78 is 5.15. The molecule has 3 heteroatoms. The van der Waals surface area contributed by atoms with Crippen LogP contribution in [0.4, 0.5) is 0 Å². The van der Waals surface area contributed by atoms with Crippen LogP contribution < -0.4 is 5.73 Å². The number of hydrogen-bond acceptors (Lipinski definition) is 3. The van der Waals surface area contributed by atoms with E-state index in [0.29, 0.717) is 11.8 Å². The smallest absolute Gasteiger partial charge is 0.215 e. The minimum absolute atomic E-state index is 0.297. The third-order valence-electron chi connectivity index (χ3n) is 3.71. The molecule has 0 saturated heterocycles. The van der Waals surface area contributed by atoms with Gasteiger partial charge in [0.1, 0.15) is 0 Å². The van der Waals surface area contributed by atoms with Gasteiger partial charge in [-0.1, -0.05) is 6.92 Å². The molecular formula is C10H17NO2. The molecule has 1 fully saturated rings. The van der Waals surface area contributed by atoms with E-state index in [9.17, 15) is 5.11 Å². The third-order valence-corrected chi connectivity index (χ3v) is 3.71. The Morgan fingerprint density at radius 3 is 2.92 bits per heavy atom. The van der Waals surface area contributed by atoms with Crippen molar-refractivity contribution in [2.45, 2.75) is 38.5 Å². The van der Waals surface area contributed by atoms with Crippen molar-refractivity contribution in [3.63, 3.8) is 0 Å². The fraction of sp³-hybridized carbons (Fsp3) is 0.800. The van der Waals surface area contributed by atoms with E-state index < -0.39 is 11.8 Å². The average Bonchev–Trinajstić information content (AvgIpc) is 2.39. The molecule has 0 aromatic heterocycles. The van der Waals surface area contributed by atoms with Gasteiger partial charge in [0.05, 0.1) is 11.8 Å². The predicted octanol–water partition coefficient (Wildman–Crippen LogP) is 0.982. The molecule has 0 radical (unpaired) electrons. The van der Waals surface area contributed by atoms with Crippen molar-refractivity contribution in [1.29, 1.82) is 0 Å². The maximum atomic E-state index is 9.74. The van der Waals surface area contributed by atoms with E-state index in [1.54, 1.807) is 6.26 Å². The van der Waals surface area contributed by atoms with Crippen molar-refractivity contribution in [2.75, 3.05) is 0 Å². The predicted molar refractivity (Wildman–Crippen MR) is 49.7 cm³/mol. The molecule has 4 atom stereocenters. The Morgan fingerprint density at radius 2 is 2.31 bits per heavy atom. The molecule has 3 nitrogen and oxygen atoms in total. The maximum absolute atomic E-state index is 9.74. The van der Waals surface area contributed by atoms with Gasteiger partial charge in [-0.25, -0.2) is 0 Å². The maximum Gasteiger partial charge on any atom is 0.215 e. The van der Waals surface area contributed by atoms with Gasteiger partial charge in [0, 0.05) is 5.92 Å². The Labute approximate surface area is 78.6 Å². The Balaban J connectivity index is 2.38. The lowest BCUT2D eigenvalue weighted by molar-refractivity contribution is -0.135. The molecule has 74 valence electrons. The zero-order chi connectivity index (χ0) is 9.64. The normalized spacial score (nSPS) is 49.5. The highest BCUT2D eigenvalue weighted by Gasteiger charge is 2.53. The molecule has 0 bridgehead atoms. The van der Waals surface area contributed by atoms with Crippen LogP contribution >= 0.6 is 0 Å². The van der Waals surface area contributed by atoms with Gasteiger partial charge in [-0.2, -0.15) is 0 Å². The van der Waals surface area contributed by atoms with Crippen LogP contribution in [0.15, 0.2) is 11.8 Å². The summed E-state index contributed by atoms with van der Waals surface area (Å²) in [7, 11) is 0. The van der Waals surface area contributed by atoms with E-state index in [2.05, 4.69) is 6.92 Å². The van der Waals surface area contributed by atoms with E-state index in [1.165, 1.54) is 0 Å². The number of nitrogens with two attached hydrogens (primary N) is 1. The summed E-state index contributed by atoms with van der Waals surface area (Å²) in [6.45, 7) is 4.11.